The van der Waals surface area contributed by atoms with Gasteiger partial charge in [0.05, 0.1) is 24.2 Å². The van der Waals surface area contributed by atoms with Crippen LogP contribution in [0.25, 0.3) is 22.2 Å². The molecule has 3 atom stereocenters. The molecule has 0 spiro atoms. The zero-order valence-corrected chi connectivity index (χ0v) is 16.9. The van der Waals surface area contributed by atoms with E-state index in [1.807, 2.05) is 12.3 Å². The van der Waals surface area contributed by atoms with Crippen molar-refractivity contribution in [2.24, 2.45) is 5.92 Å². The molecule has 0 saturated heterocycles. The average Bonchev–Trinajstić information content (AvgIpc) is 3.34. The highest BCUT2D eigenvalue weighted by Crippen LogP contribution is 2.51. The third kappa shape index (κ3) is 2.60. The Kier molecular flexibility index (Phi) is 3.98. The van der Waals surface area contributed by atoms with Crippen molar-refractivity contribution in [2.45, 2.75) is 24.8 Å². The second kappa shape index (κ2) is 6.84. The normalized spacial score (nSPS) is 22.1. The summed E-state index contributed by atoms with van der Waals surface area (Å²) in [4.78, 5) is 9.49. The smallest absolute Gasteiger partial charge is 0.212 e. The van der Waals surface area contributed by atoms with Crippen LogP contribution in [0, 0.1) is 5.92 Å². The number of fused-ring (bicyclic) bond motifs is 5. The van der Waals surface area contributed by atoms with Crippen LogP contribution in [-0.2, 0) is 0 Å². The molecule has 6 rings (SSSR count). The number of hydrogen-bond acceptors (Lipinski definition) is 3. The summed E-state index contributed by atoms with van der Waals surface area (Å²) in [6, 6.07) is 21.8. The number of methoxy groups -OCH3 is 1. The van der Waals surface area contributed by atoms with Crippen molar-refractivity contribution in [3.05, 3.63) is 90.4 Å². The molecule has 0 amide bonds. The van der Waals surface area contributed by atoms with Crippen LogP contribution in [0.2, 0.25) is 0 Å². The quantitative estimate of drug-likeness (QED) is 0.416. The van der Waals surface area contributed by atoms with Crippen molar-refractivity contribution in [2.75, 3.05) is 7.11 Å². The Bertz CT molecular complexity index is 1240. The maximum Gasteiger partial charge on any atom is 0.212 e. The summed E-state index contributed by atoms with van der Waals surface area (Å²) in [6.07, 6.45) is 8.73. The lowest BCUT2D eigenvalue weighted by Gasteiger charge is -2.27. The van der Waals surface area contributed by atoms with Crippen molar-refractivity contribution in [1.29, 1.82) is 0 Å². The lowest BCUT2D eigenvalue weighted by Crippen LogP contribution is -2.18. The fourth-order valence-electron chi connectivity index (χ4n) is 5.24. The first-order chi connectivity index (χ1) is 14.8. The van der Waals surface area contributed by atoms with Crippen LogP contribution in [-0.4, -0.2) is 21.6 Å². The van der Waals surface area contributed by atoms with Gasteiger partial charge in [-0.3, -0.25) is 0 Å². The number of aromatic nitrogens is 3. The van der Waals surface area contributed by atoms with Gasteiger partial charge >= 0.3 is 0 Å². The van der Waals surface area contributed by atoms with E-state index in [4.69, 9.17) is 9.72 Å². The van der Waals surface area contributed by atoms with Crippen molar-refractivity contribution >= 4 is 11.0 Å². The second-order valence-electron chi connectivity index (χ2n) is 8.20. The van der Waals surface area contributed by atoms with E-state index in [-0.39, 0.29) is 0 Å². The molecule has 2 aromatic carbocycles. The standard InChI is InChI=1S/C26H23N3O/c1-30-24-14-12-19(16-27-24)18-11-13-22-23(15-18)29-25(17-7-3-2-4-8-17)20-9-5-6-10-21(20)26(29)28-22/h2-8,11-16,20-21,25H,9-10H2,1H3. The summed E-state index contributed by atoms with van der Waals surface area (Å²) in [5, 5.41) is 0. The van der Waals surface area contributed by atoms with E-state index in [0.717, 1.165) is 29.5 Å². The molecule has 0 radical (unpaired) electrons. The Morgan fingerprint density at radius 3 is 2.57 bits per heavy atom. The zero-order valence-electron chi connectivity index (χ0n) is 16.9. The molecule has 30 heavy (non-hydrogen) atoms. The number of ether oxygens (including phenoxy) is 1. The first-order valence-electron chi connectivity index (χ1n) is 10.6. The molecule has 2 aromatic heterocycles. The monoisotopic (exact) mass is 393 g/mol. The van der Waals surface area contributed by atoms with Crippen LogP contribution in [0.5, 0.6) is 5.88 Å². The average molecular weight is 393 g/mol. The van der Waals surface area contributed by atoms with Gasteiger partial charge in [0.1, 0.15) is 5.82 Å². The van der Waals surface area contributed by atoms with E-state index < -0.39 is 0 Å². The minimum absolute atomic E-state index is 0.324. The van der Waals surface area contributed by atoms with Gasteiger partial charge in [-0.1, -0.05) is 48.6 Å². The van der Waals surface area contributed by atoms with Gasteiger partial charge in [-0.2, -0.15) is 0 Å². The number of nitrogens with zero attached hydrogens (tertiary/aromatic N) is 3. The predicted octanol–water partition coefficient (Wildman–Crippen LogP) is 5.76. The van der Waals surface area contributed by atoms with Gasteiger partial charge in [0.25, 0.3) is 0 Å². The zero-order chi connectivity index (χ0) is 20.1. The van der Waals surface area contributed by atoms with Crippen molar-refractivity contribution in [3.63, 3.8) is 0 Å². The van der Waals surface area contributed by atoms with Crippen molar-refractivity contribution < 1.29 is 4.74 Å². The van der Waals surface area contributed by atoms with Crippen LogP contribution in [0.3, 0.4) is 0 Å². The molecule has 0 saturated carbocycles. The van der Waals surface area contributed by atoms with Gasteiger partial charge in [-0.05, 0) is 48.1 Å². The summed E-state index contributed by atoms with van der Waals surface area (Å²) >= 11 is 0. The molecule has 0 bridgehead atoms. The first-order valence-corrected chi connectivity index (χ1v) is 10.6. The molecule has 4 heteroatoms. The summed E-state index contributed by atoms with van der Waals surface area (Å²) < 4.78 is 7.72. The molecule has 2 aliphatic rings. The molecule has 148 valence electrons. The van der Waals surface area contributed by atoms with Crippen LogP contribution in [0.1, 0.15) is 36.2 Å². The molecular formula is C26H23N3O. The third-order valence-corrected chi connectivity index (χ3v) is 6.63. The molecule has 0 fully saturated rings. The molecule has 0 N–H and O–H groups in total. The SMILES string of the molecule is COc1ccc(-c2ccc3nc4n(c3c2)C(c2ccccc2)C2CC=CCC42)cn1. The molecule has 1 aliphatic carbocycles. The maximum absolute atomic E-state index is 5.21. The molecule has 3 heterocycles. The minimum Gasteiger partial charge on any atom is -0.481 e. The minimum atomic E-state index is 0.324. The Morgan fingerprint density at radius 1 is 0.933 bits per heavy atom. The molecule has 4 nitrogen and oxygen atoms in total. The van der Waals surface area contributed by atoms with Crippen LogP contribution < -0.4 is 4.74 Å². The predicted molar refractivity (Wildman–Crippen MR) is 119 cm³/mol. The third-order valence-electron chi connectivity index (χ3n) is 6.63. The van der Waals surface area contributed by atoms with Crippen molar-refractivity contribution in [1.82, 2.24) is 14.5 Å². The maximum atomic E-state index is 5.21. The van der Waals surface area contributed by atoms with Gasteiger partial charge < -0.3 is 9.30 Å². The summed E-state index contributed by atoms with van der Waals surface area (Å²) in [5.74, 6) is 2.92. The van der Waals surface area contributed by atoms with Gasteiger partial charge in [-0.15, -0.1) is 0 Å². The molecule has 1 aliphatic heterocycles. The van der Waals surface area contributed by atoms with E-state index >= 15 is 0 Å². The lowest BCUT2D eigenvalue weighted by molar-refractivity contribution is 0.380. The van der Waals surface area contributed by atoms with E-state index in [0.29, 0.717) is 23.8 Å². The van der Waals surface area contributed by atoms with Crippen LogP contribution in [0.15, 0.2) is 79.0 Å². The second-order valence-corrected chi connectivity index (χ2v) is 8.20. The number of pyridine rings is 1. The number of benzene rings is 2. The topological polar surface area (TPSA) is 39.9 Å². The fraction of sp³-hybridized carbons (Fsp3) is 0.231. The van der Waals surface area contributed by atoms with E-state index in [9.17, 15) is 0 Å². The number of allylic oxidation sites excluding steroid dienone is 2. The summed E-state index contributed by atoms with van der Waals surface area (Å²) in [7, 11) is 1.64. The Balaban J connectivity index is 1.53. The molecule has 4 aromatic rings. The van der Waals surface area contributed by atoms with Gasteiger partial charge in [-0.25, -0.2) is 9.97 Å². The van der Waals surface area contributed by atoms with Gasteiger partial charge in [0.2, 0.25) is 5.88 Å². The van der Waals surface area contributed by atoms with Gasteiger partial charge in [0.15, 0.2) is 0 Å². The summed E-state index contributed by atoms with van der Waals surface area (Å²) in [6.45, 7) is 0. The van der Waals surface area contributed by atoms with Gasteiger partial charge in [0, 0.05) is 23.7 Å². The van der Waals surface area contributed by atoms with Crippen LogP contribution >= 0.6 is 0 Å². The number of rotatable bonds is 3. The first kappa shape index (κ1) is 17.5. The molecular weight excluding hydrogens is 370 g/mol. The Labute approximate surface area is 175 Å². The highest BCUT2D eigenvalue weighted by molar-refractivity contribution is 5.83. The Hall–Kier alpha value is -3.40. The Morgan fingerprint density at radius 2 is 1.77 bits per heavy atom. The van der Waals surface area contributed by atoms with Crippen LogP contribution in [0.4, 0.5) is 0 Å². The van der Waals surface area contributed by atoms with E-state index in [2.05, 4.69) is 76.3 Å². The fourth-order valence-corrected chi connectivity index (χ4v) is 5.24. The lowest BCUT2D eigenvalue weighted by atomic mass is 9.79. The highest BCUT2D eigenvalue weighted by atomic mass is 16.5. The largest absolute Gasteiger partial charge is 0.481 e. The van der Waals surface area contributed by atoms with Crippen molar-refractivity contribution in [3.8, 4) is 17.0 Å². The number of hydrogen-bond donors (Lipinski definition) is 0. The molecule has 3 unspecified atom stereocenters. The van der Waals surface area contributed by atoms with E-state index in [1.54, 1.807) is 7.11 Å². The summed E-state index contributed by atoms with van der Waals surface area (Å²) in [5.41, 5.74) is 5.89. The highest BCUT2D eigenvalue weighted by Gasteiger charge is 2.43. The number of imidazole rings is 1. The van der Waals surface area contributed by atoms with E-state index in [1.165, 1.54) is 16.9 Å².